The van der Waals surface area contributed by atoms with E-state index < -0.39 is 41.5 Å². The normalized spacial score (nSPS) is 13.7. The van der Waals surface area contributed by atoms with E-state index in [0.717, 1.165) is 6.20 Å². The molecule has 11 heteroatoms. The van der Waals surface area contributed by atoms with Crippen molar-refractivity contribution in [3.8, 4) is 6.07 Å². The van der Waals surface area contributed by atoms with Gasteiger partial charge >= 0.3 is 5.97 Å². The van der Waals surface area contributed by atoms with Gasteiger partial charge in [0, 0.05) is 16.6 Å². The van der Waals surface area contributed by atoms with Crippen molar-refractivity contribution in [2.24, 2.45) is 5.41 Å². The maximum absolute atomic E-state index is 15.1. The van der Waals surface area contributed by atoms with Gasteiger partial charge in [-0.25, -0.2) is 18.6 Å². The number of aromatic nitrogens is 1. The molecular formula is C29H28Cl2F2N4O3. The summed E-state index contributed by atoms with van der Waals surface area (Å²) in [6.45, 7) is 5.93. The summed E-state index contributed by atoms with van der Waals surface area (Å²) in [6, 6.07) is 11.2. The number of carbonyl (C=O) groups is 2. The number of pyridine rings is 1. The maximum Gasteiger partial charge on any atom is 0.354 e. The number of hydrogen-bond acceptors (Lipinski definition) is 5. The molecule has 3 aromatic rings. The van der Waals surface area contributed by atoms with Crippen molar-refractivity contribution in [3.05, 3.63) is 93.2 Å². The Morgan fingerprint density at radius 2 is 1.85 bits per heavy atom. The van der Waals surface area contributed by atoms with Crippen molar-refractivity contribution in [2.45, 2.75) is 51.6 Å². The number of nitrogens with one attached hydrogen (secondary N) is 2. The van der Waals surface area contributed by atoms with E-state index >= 15 is 4.39 Å². The predicted molar refractivity (Wildman–Crippen MR) is 149 cm³/mol. The molecule has 1 amide bonds. The van der Waals surface area contributed by atoms with Crippen molar-refractivity contribution in [3.63, 3.8) is 0 Å². The summed E-state index contributed by atoms with van der Waals surface area (Å²) in [5.41, 5.74) is -0.0721. The zero-order chi connectivity index (χ0) is 29.6. The Bertz CT molecular complexity index is 1420. The van der Waals surface area contributed by atoms with E-state index in [1.807, 2.05) is 26.8 Å². The van der Waals surface area contributed by atoms with E-state index in [4.69, 9.17) is 28.3 Å². The summed E-state index contributed by atoms with van der Waals surface area (Å²) < 4.78 is 29.8. The summed E-state index contributed by atoms with van der Waals surface area (Å²) in [5.74, 6) is -4.62. The zero-order valence-corrected chi connectivity index (χ0v) is 23.5. The van der Waals surface area contributed by atoms with Crippen LogP contribution in [0.3, 0.4) is 0 Å². The molecule has 3 unspecified atom stereocenters. The SMILES string of the molecule is CC(C)(C)CC(Cc1ccc(Cl)cc1F)NC(C(=O)Nc1ccc(C(=O)O)nc1)C(C#N)c1cccc(Cl)c1F. The molecular weight excluding hydrogens is 561 g/mol. The summed E-state index contributed by atoms with van der Waals surface area (Å²) in [7, 11) is 0. The molecule has 3 atom stereocenters. The van der Waals surface area contributed by atoms with Gasteiger partial charge in [0.15, 0.2) is 0 Å². The Morgan fingerprint density at radius 1 is 1.12 bits per heavy atom. The number of halogens is 4. The summed E-state index contributed by atoms with van der Waals surface area (Å²) in [6.07, 6.45) is 1.77. The third-order valence-electron chi connectivity index (χ3n) is 6.08. The fourth-order valence-electron chi connectivity index (χ4n) is 4.36. The van der Waals surface area contributed by atoms with E-state index in [0.29, 0.717) is 12.0 Å². The highest BCUT2D eigenvalue weighted by atomic mass is 35.5. The molecule has 0 saturated heterocycles. The lowest BCUT2D eigenvalue weighted by atomic mass is 9.84. The molecule has 3 N–H and O–H groups in total. The van der Waals surface area contributed by atoms with Crippen LogP contribution in [0.4, 0.5) is 14.5 Å². The average molecular weight is 589 g/mol. The van der Waals surface area contributed by atoms with Crippen molar-refractivity contribution in [2.75, 3.05) is 5.32 Å². The molecule has 3 rings (SSSR count). The van der Waals surface area contributed by atoms with Crippen molar-refractivity contribution < 1.29 is 23.5 Å². The summed E-state index contributed by atoms with van der Waals surface area (Å²) in [5, 5.41) is 25.1. The largest absolute Gasteiger partial charge is 0.477 e. The molecule has 0 fully saturated rings. The smallest absolute Gasteiger partial charge is 0.354 e. The molecule has 40 heavy (non-hydrogen) atoms. The number of carbonyl (C=O) groups excluding carboxylic acids is 1. The maximum atomic E-state index is 15.1. The molecule has 0 saturated carbocycles. The van der Waals surface area contributed by atoms with E-state index in [9.17, 15) is 19.2 Å². The molecule has 0 aliphatic rings. The monoisotopic (exact) mass is 588 g/mol. The minimum atomic E-state index is -1.33. The van der Waals surface area contributed by atoms with Gasteiger partial charge in [0.25, 0.3) is 0 Å². The predicted octanol–water partition coefficient (Wildman–Crippen LogP) is 6.62. The molecule has 0 bridgehead atoms. The molecule has 2 aromatic carbocycles. The number of carboxylic acid groups (broad SMARTS) is 1. The number of nitrogens with zero attached hydrogens (tertiary/aromatic N) is 2. The Morgan fingerprint density at radius 3 is 2.42 bits per heavy atom. The van der Waals surface area contributed by atoms with E-state index in [-0.39, 0.29) is 38.8 Å². The van der Waals surface area contributed by atoms with Crippen LogP contribution in [0.5, 0.6) is 0 Å². The second-order valence-electron chi connectivity index (χ2n) is 10.5. The van der Waals surface area contributed by atoms with Gasteiger partial charge in [0.1, 0.15) is 23.4 Å². The standard InChI is InChI=1S/C29H28Cl2F2N4O3/c1-29(2,3)13-19(11-16-7-8-17(30)12-23(16)32)36-26(21(14-34)20-5-4-6-22(31)25(20)33)27(38)37-18-9-10-24(28(39)40)35-15-18/h4-10,12,15,19,21,26,36H,11,13H2,1-3H3,(H,37,38)(H,39,40). The van der Waals surface area contributed by atoms with Crippen LogP contribution >= 0.6 is 23.2 Å². The first-order valence-electron chi connectivity index (χ1n) is 12.3. The highest BCUT2D eigenvalue weighted by molar-refractivity contribution is 6.31. The summed E-state index contributed by atoms with van der Waals surface area (Å²) >= 11 is 11.9. The lowest BCUT2D eigenvalue weighted by molar-refractivity contribution is -0.118. The fraction of sp³-hybridized carbons (Fsp3) is 0.310. The highest BCUT2D eigenvalue weighted by Gasteiger charge is 2.35. The van der Waals surface area contributed by atoms with Crippen molar-refractivity contribution in [1.29, 1.82) is 5.26 Å². The molecule has 0 spiro atoms. The van der Waals surface area contributed by atoms with Crippen LogP contribution in [-0.4, -0.2) is 34.1 Å². The van der Waals surface area contributed by atoms with Gasteiger partial charge in [-0.1, -0.05) is 62.2 Å². The molecule has 0 aliphatic carbocycles. The number of amides is 1. The van der Waals surface area contributed by atoms with Crippen molar-refractivity contribution >= 4 is 40.8 Å². The van der Waals surface area contributed by atoms with Crippen LogP contribution in [0, 0.1) is 28.4 Å². The van der Waals surface area contributed by atoms with Gasteiger partial charge in [-0.15, -0.1) is 0 Å². The van der Waals surface area contributed by atoms with Gasteiger partial charge in [-0.2, -0.15) is 5.26 Å². The van der Waals surface area contributed by atoms with Gasteiger partial charge in [0.05, 0.1) is 28.9 Å². The number of benzene rings is 2. The lowest BCUT2D eigenvalue weighted by Gasteiger charge is -2.32. The van der Waals surface area contributed by atoms with E-state index in [1.54, 1.807) is 12.1 Å². The minimum absolute atomic E-state index is 0.0887. The third-order valence-corrected chi connectivity index (χ3v) is 6.60. The average Bonchev–Trinajstić information content (AvgIpc) is 2.87. The molecule has 0 aliphatic heterocycles. The van der Waals surface area contributed by atoms with Crippen LogP contribution in [0.25, 0.3) is 0 Å². The Kier molecular flexibility index (Phi) is 10.2. The number of nitriles is 1. The second-order valence-corrected chi connectivity index (χ2v) is 11.4. The zero-order valence-electron chi connectivity index (χ0n) is 22.0. The first-order valence-corrected chi connectivity index (χ1v) is 13.1. The number of carboxylic acids is 1. The first-order chi connectivity index (χ1) is 18.8. The topological polar surface area (TPSA) is 115 Å². The summed E-state index contributed by atoms with van der Waals surface area (Å²) in [4.78, 5) is 28.6. The molecule has 7 nitrogen and oxygen atoms in total. The Balaban J connectivity index is 2.03. The third kappa shape index (κ3) is 8.21. The van der Waals surface area contributed by atoms with E-state index in [1.165, 1.54) is 36.4 Å². The quantitative estimate of drug-likeness (QED) is 0.245. The van der Waals surface area contributed by atoms with Gasteiger partial charge < -0.3 is 15.7 Å². The molecule has 210 valence electrons. The molecule has 1 heterocycles. The van der Waals surface area contributed by atoms with Crippen LogP contribution in [0.2, 0.25) is 10.0 Å². The highest BCUT2D eigenvalue weighted by Crippen LogP contribution is 2.30. The minimum Gasteiger partial charge on any atom is -0.477 e. The molecule has 1 aromatic heterocycles. The fourth-order valence-corrected chi connectivity index (χ4v) is 4.70. The van der Waals surface area contributed by atoms with Gasteiger partial charge in [-0.05, 0) is 54.2 Å². The first kappa shape index (κ1) is 31.0. The van der Waals surface area contributed by atoms with Gasteiger partial charge in [-0.3, -0.25) is 4.79 Å². The second kappa shape index (κ2) is 13.2. The Hall–Kier alpha value is -3.58. The van der Waals surface area contributed by atoms with Gasteiger partial charge in [0.2, 0.25) is 5.91 Å². The van der Waals surface area contributed by atoms with Crippen LogP contribution in [-0.2, 0) is 11.2 Å². The molecule has 0 radical (unpaired) electrons. The van der Waals surface area contributed by atoms with Crippen molar-refractivity contribution in [1.82, 2.24) is 10.3 Å². The number of anilines is 1. The number of hydrogen-bond donors (Lipinski definition) is 3. The number of rotatable bonds is 10. The van der Waals surface area contributed by atoms with Crippen LogP contribution in [0.15, 0.2) is 54.7 Å². The van der Waals surface area contributed by atoms with Crippen LogP contribution < -0.4 is 10.6 Å². The lowest BCUT2D eigenvalue weighted by Crippen LogP contribution is -2.51. The Labute approximate surface area is 241 Å². The van der Waals surface area contributed by atoms with Crippen LogP contribution in [0.1, 0.15) is 54.7 Å². The van der Waals surface area contributed by atoms with E-state index in [2.05, 4.69) is 15.6 Å². The number of aromatic carboxylic acids is 1.